The lowest BCUT2D eigenvalue weighted by molar-refractivity contribution is -0.148. The first-order valence-electron chi connectivity index (χ1n) is 6.88. The van der Waals surface area contributed by atoms with E-state index in [2.05, 4.69) is 22.0 Å². The summed E-state index contributed by atoms with van der Waals surface area (Å²) >= 11 is 0. The van der Waals surface area contributed by atoms with Crippen molar-refractivity contribution in [1.82, 2.24) is 15.0 Å². The van der Waals surface area contributed by atoms with Crippen LogP contribution in [0.2, 0.25) is 0 Å². The van der Waals surface area contributed by atoms with Crippen LogP contribution in [0, 0.1) is 0 Å². The van der Waals surface area contributed by atoms with E-state index in [1.165, 1.54) is 7.11 Å². The molecule has 0 N–H and O–H groups in total. The largest absolute Gasteiger partial charge is 0.468 e. The normalized spacial score (nSPS) is 20.4. The van der Waals surface area contributed by atoms with Gasteiger partial charge in [0.05, 0.1) is 13.7 Å². The maximum atomic E-state index is 11.7. The van der Waals surface area contributed by atoms with E-state index < -0.39 is 0 Å². The molecule has 1 aromatic heterocycles. The van der Waals surface area contributed by atoms with Crippen molar-refractivity contribution < 1.29 is 14.1 Å². The van der Waals surface area contributed by atoms with Crippen LogP contribution in [0.5, 0.6) is 0 Å². The van der Waals surface area contributed by atoms with E-state index in [0.717, 1.165) is 44.5 Å². The van der Waals surface area contributed by atoms with Crippen LogP contribution in [0.15, 0.2) is 4.52 Å². The van der Waals surface area contributed by atoms with Crippen molar-refractivity contribution in [2.45, 2.75) is 51.6 Å². The Morgan fingerprint density at radius 2 is 2.37 bits per heavy atom. The van der Waals surface area contributed by atoms with Gasteiger partial charge in [-0.25, -0.2) is 0 Å². The van der Waals surface area contributed by atoms with E-state index in [9.17, 15) is 4.79 Å². The van der Waals surface area contributed by atoms with E-state index in [0.29, 0.717) is 12.4 Å². The van der Waals surface area contributed by atoms with Crippen LogP contribution >= 0.6 is 0 Å². The van der Waals surface area contributed by atoms with Crippen LogP contribution in [0.4, 0.5) is 0 Å². The molecule has 1 aromatic rings. The Bertz CT molecular complexity index is 419. The van der Waals surface area contributed by atoms with Crippen molar-refractivity contribution in [2.75, 3.05) is 13.7 Å². The van der Waals surface area contributed by atoms with Gasteiger partial charge in [-0.3, -0.25) is 9.69 Å². The molecule has 0 amide bonds. The second kappa shape index (κ2) is 6.65. The molecule has 0 aliphatic carbocycles. The molecule has 6 heteroatoms. The van der Waals surface area contributed by atoms with Gasteiger partial charge in [-0.05, 0) is 25.8 Å². The Hall–Kier alpha value is -1.43. The number of aryl methyl sites for hydroxylation is 1. The lowest BCUT2D eigenvalue weighted by atomic mass is 10.0. The number of rotatable bonds is 5. The number of carbonyl (C=O) groups is 1. The second-order valence-corrected chi connectivity index (χ2v) is 4.86. The predicted octanol–water partition coefficient (Wildman–Crippen LogP) is 1.55. The number of methoxy groups -OCH3 is 1. The summed E-state index contributed by atoms with van der Waals surface area (Å²) in [6.45, 7) is 3.47. The van der Waals surface area contributed by atoms with Gasteiger partial charge in [-0.2, -0.15) is 4.98 Å². The molecule has 0 bridgehead atoms. The first-order chi connectivity index (χ1) is 9.24. The SMILES string of the molecule is CCCc1noc(CN2CCCC[C@@H]2C(=O)OC)n1. The highest BCUT2D eigenvalue weighted by atomic mass is 16.5. The Labute approximate surface area is 113 Å². The zero-order valence-corrected chi connectivity index (χ0v) is 11.6. The highest BCUT2D eigenvalue weighted by molar-refractivity contribution is 5.75. The van der Waals surface area contributed by atoms with Crippen LogP contribution in [0.3, 0.4) is 0 Å². The molecular formula is C13H21N3O3. The smallest absolute Gasteiger partial charge is 0.323 e. The third-order valence-electron chi connectivity index (χ3n) is 3.41. The van der Waals surface area contributed by atoms with Crippen LogP contribution < -0.4 is 0 Å². The van der Waals surface area contributed by atoms with Crippen molar-refractivity contribution in [3.05, 3.63) is 11.7 Å². The summed E-state index contributed by atoms with van der Waals surface area (Å²) in [5.41, 5.74) is 0. The molecular weight excluding hydrogens is 246 g/mol. The number of hydrogen-bond acceptors (Lipinski definition) is 6. The molecule has 1 fully saturated rings. The van der Waals surface area contributed by atoms with Gasteiger partial charge < -0.3 is 9.26 Å². The molecule has 0 aromatic carbocycles. The van der Waals surface area contributed by atoms with Gasteiger partial charge in [0.25, 0.3) is 0 Å². The third kappa shape index (κ3) is 3.53. The summed E-state index contributed by atoms with van der Waals surface area (Å²) in [5.74, 6) is 1.15. The maximum Gasteiger partial charge on any atom is 0.323 e. The second-order valence-electron chi connectivity index (χ2n) is 4.86. The average molecular weight is 267 g/mol. The molecule has 1 saturated heterocycles. The zero-order valence-electron chi connectivity index (χ0n) is 11.6. The molecule has 0 saturated carbocycles. The molecule has 106 valence electrons. The van der Waals surface area contributed by atoms with Gasteiger partial charge in [-0.1, -0.05) is 18.5 Å². The van der Waals surface area contributed by atoms with Gasteiger partial charge in [0, 0.05) is 6.42 Å². The fourth-order valence-corrected chi connectivity index (χ4v) is 2.44. The Kier molecular flexibility index (Phi) is 4.90. The monoisotopic (exact) mass is 267 g/mol. The summed E-state index contributed by atoms with van der Waals surface area (Å²) < 4.78 is 10.1. The molecule has 1 aliphatic rings. The first kappa shape index (κ1) is 14.0. The van der Waals surface area contributed by atoms with Crippen LogP contribution in [-0.4, -0.2) is 40.7 Å². The number of carbonyl (C=O) groups excluding carboxylic acids is 1. The minimum atomic E-state index is -0.180. The van der Waals surface area contributed by atoms with Gasteiger partial charge in [0.1, 0.15) is 6.04 Å². The third-order valence-corrected chi connectivity index (χ3v) is 3.41. The fourth-order valence-electron chi connectivity index (χ4n) is 2.44. The number of piperidine rings is 1. The molecule has 0 spiro atoms. The van der Waals surface area contributed by atoms with Crippen molar-refractivity contribution >= 4 is 5.97 Å². The Balaban J connectivity index is 2.00. The van der Waals surface area contributed by atoms with E-state index in [-0.39, 0.29) is 12.0 Å². The van der Waals surface area contributed by atoms with Gasteiger partial charge >= 0.3 is 5.97 Å². The number of esters is 1. The number of hydrogen-bond donors (Lipinski definition) is 0. The summed E-state index contributed by atoms with van der Waals surface area (Å²) in [4.78, 5) is 18.2. The molecule has 2 rings (SSSR count). The van der Waals surface area contributed by atoms with Crippen LogP contribution in [-0.2, 0) is 22.5 Å². The fraction of sp³-hybridized carbons (Fsp3) is 0.769. The average Bonchev–Trinajstić information content (AvgIpc) is 2.86. The number of nitrogens with zero attached hydrogens (tertiary/aromatic N) is 3. The Morgan fingerprint density at radius 3 is 3.11 bits per heavy atom. The topological polar surface area (TPSA) is 68.5 Å². The molecule has 0 radical (unpaired) electrons. The summed E-state index contributed by atoms with van der Waals surface area (Å²) in [7, 11) is 1.43. The van der Waals surface area contributed by atoms with Crippen molar-refractivity contribution in [1.29, 1.82) is 0 Å². The number of ether oxygens (including phenoxy) is 1. The molecule has 1 atom stereocenters. The summed E-state index contributed by atoms with van der Waals surface area (Å²) in [6.07, 6.45) is 4.80. The standard InChI is InChI=1S/C13H21N3O3/c1-3-6-11-14-12(19-15-11)9-16-8-5-4-7-10(16)13(17)18-2/h10H,3-9H2,1-2H3/t10-/m1/s1. The summed E-state index contributed by atoms with van der Waals surface area (Å²) in [5, 5.41) is 3.93. The minimum absolute atomic E-state index is 0.173. The highest BCUT2D eigenvalue weighted by Crippen LogP contribution is 2.20. The zero-order chi connectivity index (χ0) is 13.7. The number of likely N-dealkylation sites (tertiary alicyclic amines) is 1. The van der Waals surface area contributed by atoms with Gasteiger partial charge in [0.15, 0.2) is 5.82 Å². The van der Waals surface area contributed by atoms with Crippen molar-refractivity contribution in [3.8, 4) is 0 Å². The van der Waals surface area contributed by atoms with E-state index in [1.807, 2.05) is 0 Å². The lowest BCUT2D eigenvalue weighted by Crippen LogP contribution is -2.44. The quantitative estimate of drug-likeness (QED) is 0.754. The minimum Gasteiger partial charge on any atom is -0.468 e. The Morgan fingerprint density at radius 1 is 1.53 bits per heavy atom. The van der Waals surface area contributed by atoms with Crippen LogP contribution in [0.1, 0.15) is 44.3 Å². The number of aromatic nitrogens is 2. The molecule has 1 aliphatic heterocycles. The molecule has 19 heavy (non-hydrogen) atoms. The predicted molar refractivity (Wildman–Crippen MR) is 68.4 cm³/mol. The maximum absolute atomic E-state index is 11.7. The van der Waals surface area contributed by atoms with Crippen LogP contribution in [0.25, 0.3) is 0 Å². The summed E-state index contributed by atoms with van der Waals surface area (Å²) in [6, 6.07) is -0.180. The first-order valence-corrected chi connectivity index (χ1v) is 6.88. The van der Waals surface area contributed by atoms with Crippen molar-refractivity contribution in [2.24, 2.45) is 0 Å². The van der Waals surface area contributed by atoms with E-state index in [1.54, 1.807) is 0 Å². The van der Waals surface area contributed by atoms with Gasteiger partial charge in [0.2, 0.25) is 5.89 Å². The molecule has 2 heterocycles. The highest BCUT2D eigenvalue weighted by Gasteiger charge is 2.30. The van der Waals surface area contributed by atoms with Crippen molar-refractivity contribution in [3.63, 3.8) is 0 Å². The molecule has 6 nitrogen and oxygen atoms in total. The van der Waals surface area contributed by atoms with E-state index in [4.69, 9.17) is 9.26 Å². The van der Waals surface area contributed by atoms with E-state index >= 15 is 0 Å². The lowest BCUT2D eigenvalue weighted by Gasteiger charge is -2.32. The molecule has 0 unspecified atom stereocenters. The van der Waals surface area contributed by atoms with Gasteiger partial charge in [-0.15, -0.1) is 0 Å².